The molecule has 2 saturated heterocycles. The van der Waals surface area contributed by atoms with E-state index in [1.165, 1.54) is 18.4 Å². The standard InChI is InChI=1S/C23H37N5O2.HI/c1-25-23(28-11-3-4-20(17-28)14-22(24)29)26-15-18-9-12-27(13-10-18)16-19-5-7-21(30-2)8-6-19;/h5-8,18,20H,3-4,9-17H2,1-2H3,(H2,24,29)(H,25,26);1H. The molecule has 2 fully saturated rings. The van der Waals surface area contributed by atoms with Gasteiger partial charge in [-0.25, -0.2) is 0 Å². The third kappa shape index (κ3) is 8.14. The van der Waals surface area contributed by atoms with Gasteiger partial charge in [-0.2, -0.15) is 0 Å². The molecule has 3 N–H and O–H groups in total. The fourth-order valence-corrected chi connectivity index (χ4v) is 4.61. The Bertz CT molecular complexity index is 704. The summed E-state index contributed by atoms with van der Waals surface area (Å²) in [4.78, 5) is 20.6. The van der Waals surface area contributed by atoms with Crippen LogP contribution in [0.1, 0.15) is 37.7 Å². The number of hydrogen-bond acceptors (Lipinski definition) is 4. The van der Waals surface area contributed by atoms with Crippen molar-refractivity contribution in [2.24, 2.45) is 22.6 Å². The third-order valence-corrected chi connectivity index (χ3v) is 6.34. The second kappa shape index (κ2) is 13.1. The van der Waals surface area contributed by atoms with Gasteiger partial charge in [0.05, 0.1) is 7.11 Å². The number of hydrogen-bond donors (Lipinski definition) is 2. The van der Waals surface area contributed by atoms with Crippen molar-refractivity contribution in [3.05, 3.63) is 29.8 Å². The highest BCUT2D eigenvalue weighted by molar-refractivity contribution is 14.0. The van der Waals surface area contributed by atoms with Crippen molar-refractivity contribution in [3.8, 4) is 5.75 Å². The second-order valence-electron chi connectivity index (χ2n) is 8.62. The molecule has 0 spiro atoms. The first-order chi connectivity index (χ1) is 14.6. The van der Waals surface area contributed by atoms with Crippen LogP contribution in [0.3, 0.4) is 0 Å². The third-order valence-electron chi connectivity index (χ3n) is 6.34. The van der Waals surface area contributed by atoms with Gasteiger partial charge >= 0.3 is 0 Å². The number of rotatable bonds is 7. The fraction of sp³-hybridized carbons (Fsp3) is 0.652. The van der Waals surface area contributed by atoms with Gasteiger partial charge in [0.15, 0.2) is 5.96 Å². The molecule has 7 nitrogen and oxygen atoms in total. The number of carbonyl (C=O) groups excluding carboxylic acids is 1. The van der Waals surface area contributed by atoms with Crippen LogP contribution in [-0.2, 0) is 11.3 Å². The van der Waals surface area contributed by atoms with Crippen LogP contribution in [0.15, 0.2) is 29.3 Å². The van der Waals surface area contributed by atoms with Gasteiger partial charge in [0, 0.05) is 39.6 Å². The molecule has 1 unspecified atom stereocenters. The first-order valence-corrected chi connectivity index (χ1v) is 11.2. The van der Waals surface area contributed by atoms with E-state index in [9.17, 15) is 4.79 Å². The molecule has 31 heavy (non-hydrogen) atoms. The molecule has 0 aliphatic carbocycles. The van der Waals surface area contributed by atoms with E-state index in [1.54, 1.807) is 7.11 Å². The van der Waals surface area contributed by atoms with Crippen molar-refractivity contribution in [1.82, 2.24) is 15.1 Å². The predicted molar refractivity (Wildman–Crippen MR) is 136 cm³/mol. The number of nitrogens with one attached hydrogen (secondary N) is 1. The van der Waals surface area contributed by atoms with Gasteiger partial charge < -0.3 is 20.7 Å². The molecule has 1 aromatic rings. The maximum Gasteiger partial charge on any atom is 0.217 e. The van der Waals surface area contributed by atoms with E-state index in [1.807, 2.05) is 19.2 Å². The second-order valence-corrected chi connectivity index (χ2v) is 8.62. The lowest BCUT2D eigenvalue weighted by Gasteiger charge is -2.36. The van der Waals surface area contributed by atoms with E-state index in [4.69, 9.17) is 10.5 Å². The Balaban J connectivity index is 0.00000341. The van der Waals surface area contributed by atoms with Crippen LogP contribution < -0.4 is 15.8 Å². The molecule has 0 aromatic heterocycles. The molecule has 0 radical (unpaired) electrons. The zero-order valence-corrected chi connectivity index (χ0v) is 21.2. The average molecular weight is 543 g/mol. The van der Waals surface area contributed by atoms with Gasteiger partial charge in [-0.3, -0.25) is 14.7 Å². The van der Waals surface area contributed by atoms with E-state index < -0.39 is 0 Å². The van der Waals surface area contributed by atoms with Crippen LogP contribution in [0.25, 0.3) is 0 Å². The van der Waals surface area contributed by atoms with Gasteiger partial charge in [-0.1, -0.05) is 12.1 Å². The molecule has 1 aromatic carbocycles. The van der Waals surface area contributed by atoms with Crippen molar-refractivity contribution >= 4 is 35.8 Å². The minimum absolute atomic E-state index is 0. The largest absolute Gasteiger partial charge is 0.497 e. The van der Waals surface area contributed by atoms with Crippen LogP contribution in [-0.4, -0.2) is 68.5 Å². The molecule has 1 amide bonds. The lowest BCUT2D eigenvalue weighted by molar-refractivity contribution is -0.119. The molecule has 0 bridgehead atoms. The smallest absolute Gasteiger partial charge is 0.217 e. The zero-order chi connectivity index (χ0) is 21.3. The number of methoxy groups -OCH3 is 1. The molecular formula is C23H38IN5O2. The molecular weight excluding hydrogens is 505 g/mol. The first kappa shape index (κ1) is 25.7. The molecule has 2 aliphatic heterocycles. The SMILES string of the molecule is CN=C(NCC1CCN(Cc2ccc(OC)cc2)CC1)N1CCCC(CC(N)=O)C1.I. The van der Waals surface area contributed by atoms with E-state index in [0.29, 0.717) is 18.3 Å². The van der Waals surface area contributed by atoms with Gasteiger partial charge in [0.1, 0.15) is 5.75 Å². The minimum atomic E-state index is -0.203. The van der Waals surface area contributed by atoms with E-state index >= 15 is 0 Å². The Morgan fingerprint density at radius 1 is 1.16 bits per heavy atom. The monoisotopic (exact) mass is 543 g/mol. The Labute approximate surface area is 203 Å². The number of nitrogens with zero attached hydrogens (tertiary/aromatic N) is 3. The van der Waals surface area contributed by atoms with Crippen molar-refractivity contribution in [1.29, 1.82) is 0 Å². The zero-order valence-electron chi connectivity index (χ0n) is 18.9. The number of piperidine rings is 2. The maximum absolute atomic E-state index is 11.3. The number of benzene rings is 1. The van der Waals surface area contributed by atoms with Gasteiger partial charge in [0.2, 0.25) is 5.91 Å². The Hall–Kier alpha value is -1.55. The topological polar surface area (TPSA) is 83.2 Å². The summed E-state index contributed by atoms with van der Waals surface area (Å²) in [6.45, 7) is 6.07. The number of halogens is 1. The number of likely N-dealkylation sites (tertiary alicyclic amines) is 2. The van der Waals surface area contributed by atoms with Gasteiger partial charge in [-0.15, -0.1) is 24.0 Å². The van der Waals surface area contributed by atoms with Crippen molar-refractivity contribution in [2.75, 3.05) is 46.9 Å². The van der Waals surface area contributed by atoms with Gasteiger partial charge in [0.25, 0.3) is 0 Å². The molecule has 3 rings (SSSR count). The molecule has 2 heterocycles. The number of ether oxygens (including phenoxy) is 1. The highest BCUT2D eigenvalue weighted by Gasteiger charge is 2.25. The number of carbonyl (C=O) groups is 1. The highest BCUT2D eigenvalue weighted by Crippen LogP contribution is 2.21. The molecule has 174 valence electrons. The van der Waals surface area contributed by atoms with Crippen LogP contribution in [0, 0.1) is 11.8 Å². The highest BCUT2D eigenvalue weighted by atomic mass is 127. The van der Waals surface area contributed by atoms with E-state index in [0.717, 1.165) is 63.8 Å². The average Bonchev–Trinajstić information content (AvgIpc) is 2.76. The summed E-state index contributed by atoms with van der Waals surface area (Å²) in [5.41, 5.74) is 6.73. The predicted octanol–water partition coefficient (Wildman–Crippen LogP) is 2.69. The van der Waals surface area contributed by atoms with Crippen LogP contribution >= 0.6 is 24.0 Å². The summed E-state index contributed by atoms with van der Waals surface area (Å²) in [5, 5.41) is 3.59. The normalized spacial score (nSPS) is 20.8. The van der Waals surface area contributed by atoms with Crippen molar-refractivity contribution in [3.63, 3.8) is 0 Å². The number of aliphatic imine (C=N–C) groups is 1. The number of nitrogens with two attached hydrogens (primary N) is 1. The Kier molecular flexibility index (Phi) is 10.9. The van der Waals surface area contributed by atoms with E-state index in [-0.39, 0.29) is 29.9 Å². The summed E-state index contributed by atoms with van der Waals surface area (Å²) < 4.78 is 5.24. The van der Waals surface area contributed by atoms with Crippen LogP contribution in [0.5, 0.6) is 5.75 Å². The summed E-state index contributed by atoms with van der Waals surface area (Å²) in [6.07, 6.45) is 5.03. The van der Waals surface area contributed by atoms with Crippen molar-refractivity contribution in [2.45, 2.75) is 38.6 Å². The molecule has 0 saturated carbocycles. The lowest BCUT2D eigenvalue weighted by Crippen LogP contribution is -2.48. The quantitative estimate of drug-likeness (QED) is 0.314. The van der Waals surface area contributed by atoms with Crippen molar-refractivity contribution < 1.29 is 9.53 Å². The Morgan fingerprint density at radius 2 is 1.87 bits per heavy atom. The summed E-state index contributed by atoms with van der Waals surface area (Å²) in [5.74, 6) is 2.68. The summed E-state index contributed by atoms with van der Waals surface area (Å²) >= 11 is 0. The molecule has 2 aliphatic rings. The maximum atomic E-state index is 11.3. The Morgan fingerprint density at radius 3 is 2.48 bits per heavy atom. The molecule has 1 atom stereocenters. The fourth-order valence-electron chi connectivity index (χ4n) is 4.61. The summed E-state index contributed by atoms with van der Waals surface area (Å²) in [6, 6.07) is 8.37. The minimum Gasteiger partial charge on any atom is -0.497 e. The first-order valence-electron chi connectivity index (χ1n) is 11.2. The number of amides is 1. The van der Waals surface area contributed by atoms with E-state index in [2.05, 4.69) is 32.2 Å². The van der Waals surface area contributed by atoms with Gasteiger partial charge in [-0.05, 0) is 68.3 Å². The lowest BCUT2D eigenvalue weighted by atomic mass is 9.94. The summed E-state index contributed by atoms with van der Waals surface area (Å²) in [7, 11) is 3.55. The van der Waals surface area contributed by atoms with Crippen LogP contribution in [0.2, 0.25) is 0 Å². The number of primary amides is 1. The molecule has 8 heteroatoms. The van der Waals surface area contributed by atoms with Crippen LogP contribution in [0.4, 0.5) is 0 Å². The number of guanidine groups is 1.